The standard InChI is InChI=1S/C6H11N3OS/c1-5-8-9-6(11-5)7-3-4-10-2/h3-4H2,1-2H3,(H,7,9). The Labute approximate surface area is 69.6 Å². The lowest BCUT2D eigenvalue weighted by atomic mass is 10.7. The number of hydrogen-bond donors (Lipinski definition) is 1. The van der Waals surface area contributed by atoms with Gasteiger partial charge in [-0.05, 0) is 6.92 Å². The van der Waals surface area contributed by atoms with Crippen molar-refractivity contribution < 1.29 is 4.74 Å². The fraction of sp³-hybridized carbons (Fsp3) is 0.667. The van der Waals surface area contributed by atoms with E-state index in [-0.39, 0.29) is 0 Å². The Balaban J connectivity index is 2.27. The molecule has 0 aliphatic heterocycles. The molecule has 1 aromatic rings. The van der Waals surface area contributed by atoms with Crippen LogP contribution in [0.3, 0.4) is 0 Å². The predicted octanol–water partition coefficient (Wildman–Crippen LogP) is 0.905. The lowest BCUT2D eigenvalue weighted by molar-refractivity contribution is 0.211. The van der Waals surface area contributed by atoms with Gasteiger partial charge in [-0.1, -0.05) is 11.3 Å². The molecule has 0 aliphatic carbocycles. The molecule has 4 nitrogen and oxygen atoms in total. The van der Waals surface area contributed by atoms with E-state index in [4.69, 9.17) is 4.74 Å². The fourth-order valence-corrected chi connectivity index (χ4v) is 1.25. The molecular weight excluding hydrogens is 162 g/mol. The van der Waals surface area contributed by atoms with Crippen LogP contribution in [0.15, 0.2) is 0 Å². The molecule has 0 aromatic carbocycles. The minimum atomic E-state index is 0.693. The Kier molecular flexibility index (Phi) is 3.25. The number of nitrogens with zero attached hydrogens (tertiary/aromatic N) is 2. The molecule has 1 aromatic heterocycles. The maximum atomic E-state index is 4.86. The molecule has 0 fully saturated rings. The molecule has 0 radical (unpaired) electrons. The number of hydrogen-bond acceptors (Lipinski definition) is 5. The monoisotopic (exact) mass is 173 g/mol. The fourth-order valence-electron chi connectivity index (χ4n) is 0.628. The van der Waals surface area contributed by atoms with E-state index in [1.165, 1.54) is 0 Å². The Morgan fingerprint density at radius 1 is 1.55 bits per heavy atom. The Morgan fingerprint density at radius 3 is 2.91 bits per heavy atom. The van der Waals surface area contributed by atoms with Crippen LogP contribution in [-0.4, -0.2) is 30.5 Å². The number of anilines is 1. The third kappa shape index (κ3) is 2.81. The second-order valence-electron chi connectivity index (χ2n) is 2.05. The van der Waals surface area contributed by atoms with Gasteiger partial charge in [0.15, 0.2) is 0 Å². The van der Waals surface area contributed by atoms with E-state index in [0.29, 0.717) is 6.61 Å². The van der Waals surface area contributed by atoms with Gasteiger partial charge in [0.25, 0.3) is 0 Å². The van der Waals surface area contributed by atoms with E-state index in [1.807, 2.05) is 6.92 Å². The highest BCUT2D eigenvalue weighted by Crippen LogP contribution is 2.12. The van der Waals surface area contributed by atoms with Crippen molar-refractivity contribution in [1.82, 2.24) is 10.2 Å². The Morgan fingerprint density at radius 2 is 2.36 bits per heavy atom. The van der Waals surface area contributed by atoms with Gasteiger partial charge in [-0.2, -0.15) is 0 Å². The second-order valence-corrected chi connectivity index (χ2v) is 3.23. The molecule has 0 saturated heterocycles. The number of aryl methyl sites for hydroxylation is 1. The summed E-state index contributed by atoms with van der Waals surface area (Å²) in [6.45, 7) is 3.41. The van der Waals surface area contributed by atoms with Crippen LogP contribution in [0.4, 0.5) is 5.13 Å². The summed E-state index contributed by atoms with van der Waals surface area (Å²) in [6, 6.07) is 0. The van der Waals surface area contributed by atoms with Gasteiger partial charge in [0.05, 0.1) is 6.61 Å². The van der Waals surface area contributed by atoms with Crippen molar-refractivity contribution in [2.24, 2.45) is 0 Å². The van der Waals surface area contributed by atoms with Crippen LogP contribution in [0.2, 0.25) is 0 Å². The molecule has 5 heteroatoms. The molecule has 11 heavy (non-hydrogen) atoms. The molecule has 0 unspecified atom stereocenters. The number of nitrogens with one attached hydrogen (secondary N) is 1. The zero-order valence-electron chi connectivity index (χ0n) is 6.63. The molecule has 0 saturated carbocycles. The van der Waals surface area contributed by atoms with Crippen LogP contribution < -0.4 is 5.32 Å². The highest BCUT2D eigenvalue weighted by Gasteiger charge is 1.96. The van der Waals surface area contributed by atoms with Crippen molar-refractivity contribution in [2.45, 2.75) is 6.92 Å². The van der Waals surface area contributed by atoms with Crippen LogP contribution in [0, 0.1) is 6.92 Å². The molecule has 0 bridgehead atoms. The first-order valence-corrected chi connectivity index (χ1v) is 4.17. The summed E-state index contributed by atoms with van der Waals surface area (Å²) in [7, 11) is 1.67. The molecule has 0 amide bonds. The molecule has 0 atom stereocenters. The lowest BCUT2D eigenvalue weighted by Crippen LogP contribution is -2.06. The summed E-state index contributed by atoms with van der Waals surface area (Å²) >= 11 is 1.55. The summed E-state index contributed by atoms with van der Waals surface area (Å²) < 4.78 is 4.86. The molecule has 1 rings (SSSR count). The first-order chi connectivity index (χ1) is 5.33. The van der Waals surface area contributed by atoms with E-state index in [9.17, 15) is 0 Å². The largest absolute Gasteiger partial charge is 0.383 e. The summed E-state index contributed by atoms with van der Waals surface area (Å²) in [5.74, 6) is 0. The molecule has 1 heterocycles. The summed E-state index contributed by atoms with van der Waals surface area (Å²) in [4.78, 5) is 0. The third-order valence-corrected chi connectivity index (χ3v) is 1.90. The van der Waals surface area contributed by atoms with E-state index < -0.39 is 0 Å². The van der Waals surface area contributed by atoms with Crippen molar-refractivity contribution in [3.63, 3.8) is 0 Å². The number of rotatable bonds is 4. The average molecular weight is 173 g/mol. The topological polar surface area (TPSA) is 47.0 Å². The normalized spacial score (nSPS) is 10.0. The SMILES string of the molecule is COCCNc1nnc(C)s1. The van der Waals surface area contributed by atoms with Crippen molar-refractivity contribution >= 4 is 16.5 Å². The third-order valence-electron chi connectivity index (χ3n) is 1.11. The van der Waals surface area contributed by atoms with Gasteiger partial charge in [0.2, 0.25) is 5.13 Å². The predicted molar refractivity (Wildman–Crippen MR) is 45.0 cm³/mol. The van der Waals surface area contributed by atoms with Gasteiger partial charge in [-0.25, -0.2) is 0 Å². The lowest BCUT2D eigenvalue weighted by Gasteiger charge is -1.98. The number of methoxy groups -OCH3 is 1. The van der Waals surface area contributed by atoms with Crippen LogP contribution >= 0.6 is 11.3 Å². The Bertz CT molecular complexity index is 213. The molecule has 0 aliphatic rings. The highest BCUT2D eigenvalue weighted by molar-refractivity contribution is 7.15. The second kappa shape index (κ2) is 4.25. The number of ether oxygens (including phenoxy) is 1. The smallest absolute Gasteiger partial charge is 0.205 e. The van der Waals surface area contributed by atoms with Crippen LogP contribution in [0.25, 0.3) is 0 Å². The number of aromatic nitrogens is 2. The average Bonchev–Trinajstić information content (AvgIpc) is 2.37. The zero-order chi connectivity index (χ0) is 8.10. The molecular formula is C6H11N3OS. The summed E-state index contributed by atoms with van der Waals surface area (Å²) in [6.07, 6.45) is 0. The summed E-state index contributed by atoms with van der Waals surface area (Å²) in [5.41, 5.74) is 0. The van der Waals surface area contributed by atoms with Crippen molar-refractivity contribution in [2.75, 3.05) is 25.6 Å². The van der Waals surface area contributed by atoms with Crippen LogP contribution in [0.1, 0.15) is 5.01 Å². The van der Waals surface area contributed by atoms with E-state index in [0.717, 1.165) is 16.7 Å². The highest BCUT2D eigenvalue weighted by atomic mass is 32.1. The van der Waals surface area contributed by atoms with Gasteiger partial charge in [0, 0.05) is 13.7 Å². The van der Waals surface area contributed by atoms with E-state index in [1.54, 1.807) is 18.4 Å². The van der Waals surface area contributed by atoms with Crippen LogP contribution in [-0.2, 0) is 4.74 Å². The summed E-state index contributed by atoms with van der Waals surface area (Å²) in [5, 5.41) is 12.7. The molecule has 62 valence electrons. The van der Waals surface area contributed by atoms with Crippen molar-refractivity contribution in [3.8, 4) is 0 Å². The first-order valence-electron chi connectivity index (χ1n) is 3.36. The maximum Gasteiger partial charge on any atom is 0.205 e. The van der Waals surface area contributed by atoms with E-state index in [2.05, 4.69) is 15.5 Å². The van der Waals surface area contributed by atoms with Crippen molar-refractivity contribution in [3.05, 3.63) is 5.01 Å². The van der Waals surface area contributed by atoms with Crippen molar-refractivity contribution in [1.29, 1.82) is 0 Å². The van der Waals surface area contributed by atoms with Gasteiger partial charge < -0.3 is 10.1 Å². The quantitative estimate of drug-likeness (QED) is 0.687. The molecule has 1 N–H and O–H groups in total. The first kappa shape index (κ1) is 8.42. The molecule has 0 spiro atoms. The van der Waals surface area contributed by atoms with Gasteiger partial charge in [-0.3, -0.25) is 0 Å². The van der Waals surface area contributed by atoms with Gasteiger partial charge >= 0.3 is 0 Å². The van der Waals surface area contributed by atoms with Crippen LogP contribution in [0.5, 0.6) is 0 Å². The van der Waals surface area contributed by atoms with Gasteiger partial charge in [-0.15, -0.1) is 10.2 Å². The van der Waals surface area contributed by atoms with E-state index >= 15 is 0 Å². The Hall–Kier alpha value is -0.680. The maximum absolute atomic E-state index is 4.86. The van der Waals surface area contributed by atoms with Gasteiger partial charge in [0.1, 0.15) is 5.01 Å². The zero-order valence-corrected chi connectivity index (χ0v) is 7.44. The minimum absolute atomic E-state index is 0.693. The minimum Gasteiger partial charge on any atom is -0.383 e.